The molecule has 1 fully saturated rings. The van der Waals surface area contributed by atoms with E-state index in [9.17, 15) is 4.39 Å². The lowest BCUT2D eigenvalue weighted by atomic mass is 9.81. The van der Waals surface area contributed by atoms with Crippen LogP contribution in [0.4, 0.5) is 4.39 Å². The summed E-state index contributed by atoms with van der Waals surface area (Å²) in [6.45, 7) is 6.12. The number of likely N-dealkylation sites (N-methyl/N-ethyl adjacent to an activating group) is 1. The number of nitrogens with zero attached hydrogens (tertiary/aromatic N) is 1. The number of methoxy groups -OCH3 is 1. The Labute approximate surface area is 73.7 Å². The quantitative estimate of drug-likeness (QED) is 0.641. The third kappa shape index (κ3) is 1.36. The van der Waals surface area contributed by atoms with E-state index in [4.69, 9.17) is 4.74 Å². The van der Waals surface area contributed by atoms with Crippen LogP contribution in [0.5, 0.6) is 0 Å². The van der Waals surface area contributed by atoms with Crippen LogP contribution in [-0.4, -0.2) is 43.4 Å². The second kappa shape index (κ2) is 3.71. The fraction of sp³-hybridized carbons (Fsp3) is 1.00. The van der Waals surface area contributed by atoms with E-state index in [0.29, 0.717) is 6.61 Å². The van der Waals surface area contributed by atoms with Crippen LogP contribution in [0, 0.1) is 0 Å². The van der Waals surface area contributed by atoms with E-state index in [2.05, 4.69) is 11.8 Å². The molecule has 1 saturated heterocycles. The normalized spacial score (nSPS) is 33.0. The summed E-state index contributed by atoms with van der Waals surface area (Å²) in [5, 5.41) is 0. The molecular weight excluding hydrogens is 157 g/mol. The lowest BCUT2D eigenvalue weighted by Gasteiger charge is -2.53. The second-order valence-electron chi connectivity index (χ2n) is 3.48. The highest BCUT2D eigenvalue weighted by molar-refractivity contribution is 5.03. The number of likely N-dealkylation sites (tertiary alicyclic amines) is 1. The maximum atomic E-state index is 13.3. The summed E-state index contributed by atoms with van der Waals surface area (Å²) in [5.74, 6) is 0. The summed E-state index contributed by atoms with van der Waals surface area (Å²) in [6.07, 6.45) is 0.123. The van der Waals surface area contributed by atoms with Gasteiger partial charge in [0.25, 0.3) is 0 Å². The number of halogens is 1. The second-order valence-corrected chi connectivity index (χ2v) is 3.48. The zero-order valence-electron chi connectivity index (χ0n) is 8.14. The van der Waals surface area contributed by atoms with E-state index in [-0.39, 0.29) is 5.54 Å². The van der Waals surface area contributed by atoms with Crippen molar-refractivity contribution >= 4 is 0 Å². The molecule has 0 aromatic carbocycles. The van der Waals surface area contributed by atoms with Crippen molar-refractivity contribution in [2.24, 2.45) is 0 Å². The molecule has 12 heavy (non-hydrogen) atoms. The third-order valence-corrected chi connectivity index (χ3v) is 2.96. The first-order chi connectivity index (χ1) is 5.67. The van der Waals surface area contributed by atoms with Gasteiger partial charge in [0.05, 0.1) is 12.1 Å². The molecule has 0 aliphatic carbocycles. The van der Waals surface area contributed by atoms with Crippen molar-refractivity contribution in [3.05, 3.63) is 0 Å². The molecule has 0 N–H and O–H groups in total. The number of hydrogen-bond acceptors (Lipinski definition) is 2. The largest absolute Gasteiger partial charge is 0.383 e. The highest BCUT2D eigenvalue weighted by Crippen LogP contribution is 2.35. The molecular formula is C9H18FNO. The molecule has 1 aliphatic rings. The van der Waals surface area contributed by atoms with Crippen LogP contribution < -0.4 is 0 Å². The average molecular weight is 175 g/mol. The molecule has 2 nitrogen and oxygen atoms in total. The Bertz CT molecular complexity index is 149. The molecule has 0 amide bonds. The summed E-state index contributed by atoms with van der Waals surface area (Å²) in [4.78, 5) is 2.15. The number of rotatable bonds is 4. The first-order valence-corrected chi connectivity index (χ1v) is 4.55. The van der Waals surface area contributed by atoms with Gasteiger partial charge in [0, 0.05) is 13.7 Å². The van der Waals surface area contributed by atoms with Crippen LogP contribution in [-0.2, 0) is 4.74 Å². The Morgan fingerprint density at radius 1 is 1.67 bits per heavy atom. The maximum absolute atomic E-state index is 13.3. The Kier molecular flexibility index (Phi) is 3.07. The molecule has 0 spiro atoms. The van der Waals surface area contributed by atoms with E-state index in [1.54, 1.807) is 14.0 Å². The van der Waals surface area contributed by atoms with Crippen molar-refractivity contribution in [1.29, 1.82) is 0 Å². The Balaban J connectivity index is 2.60. The molecule has 1 heterocycles. The standard InChI is InChI=1S/C9H18FNO/c1-4-11-6-5-9(11,7-12-3)8(2)10/h8H,4-7H2,1-3H3/t8-,9-/m0/s1. The van der Waals surface area contributed by atoms with Crippen molar-refractivity contribution in [3.8, 4) is 0 Å². The minimum absolute atomic E-state index is 0.316. The zero-order chi connectivity index (χ0) is 9.19. The zero-order valence-corrected chi connectivity index (χ0v) is 8.14. The Hall–Kier alpha value is -0.150. The van der Waals surface area contributed by atoms with E-state index in [1.807, 2.05) is 0 Å². The van der Waals surface area contributed by atoms with Crippen molar-refractivity contribution in [2.45, 2.75) is 32.0 Å². The van der Waals surface area contributed by atoms with E-state index in [1.165, 1.54) is 0 Å². The molecule has 72 valence electrons. The van der Waals surface area contributed by atoms with Gasteiger partial charge in [-0.1, -0.05) is 6.92 Å². The van der Waals surface area contributed by atoms with E-state index >= 15 is 0 Å². The SMILES string of the molecule is CCN1CC[C@]1(COC)[C@H](C)F. The molecule has 1 aliphatic heterocycles. The number of alkyl halides is 1. The van der Waals surface area contributed by atoms with Crippen molar-refractivity contribution in [1.82, 2.24) is 4.90 Å². The minimum Gasteiger partial charge on any atom is -0.383 e. The Morgan fingerprint density at radius 3 is 2.58 bits per heavy atom. The van der Waals surface area contributed by atoms with Crippen LogP contribution in [0.3, 0.4) is 0 Å². The third-order valence-electron chi connectivity index (χ3n) is 2.96. The van der Waals surface area contributed by atoms with Crippen LogP contribution in [0.1, 0.15) is 20.3 Å². The molecule has 1 rings (SSSR count). The number of ether oxygens (including phenoxy) is 1. The average Bonchev–Trinajstić information content (AvgIpc) is 1.98. The molecule has 0 aromatic rings. The van der Waals surface area contributed by atoms with Gasteiger partial charge in [-0.3, -0.25) is 4.90 Å². The molecule has 0 unspecified atom stereocenters. The summed E-state index contributed by atoms with van der Waals surface area (Å²) in [7, 11) is 1.64. The number of hydrogen-bond donors (Lipinski definition) is 0. The first kappa shape index (κ1) is 9.93. The van der Waals surface area contributed by atoms with Crippen LogP contribution >= 0.6 is 0 Å². The van der Waals surface area contributed by atoms with Gasteiger partial charge >= 0.3 is 0 Å². The fourth-order valence-corrected chi connectivity index (χ4v) is 2.01. The summed E-state index contributed by atoms with van der Waals surface area (Å²) in [6, 6.07) is 0. The van der Waals surface area contributed by atoms with Gasteiger partial charge in [-0.15, -0.1) is 0 Å². The Morgan fingerprint density at radius 2 is 2.33 bits per heavy atom. The van der Waals surface area contributed by atoms with Crippen LogP contribution in [0.15, 0.2) is 0 Å². The fourth-order valence-electron chi connectivity index (χ4n) is 2.01. The maximum Gasteiger partial charge on any atom is 0.118 e. The van der Waals surface area contributed by atoms with E-state index < -0.39 is 6.17 Å². The lowest BCUT2D eigenvalue weighted by Crippen LogP contribution is -2.66. The highest BCUT2D eigenvalue weighted by Gasteiger charge is 2.48. The minimum atomic E-state index is -0.800. The molecule has 0 radical (unpaired) electrons. The van der Waals surface area contributed by atoms with Gasteiger partial charge in [-0.25, -0.2) is 4.39 Å². The molecule has 0 bridgehead atoms. The van der Waals surface area contributed by atoms with Crippen molar-refractivity contribution in [3.63, 3.8) is 0 Å². The molecule has 2 atom stereocenters. The summed E-state index contributed by atoms with van der Waals surface area (Å²) < 4.78 is 18.4. The monoisotopic (exact) mass is 175 g/mol. The van der Waals surface area contributed by atoms with Crippen molar-refractivity contribution < 1.29 is 9.13 Å². The van der Waals surface area contributed by atoms with Crippen molar-refractivity contribution in [2.75, 3.05) is 26.8 Å². The van der Waals surface area contributed by atoms with Gasteiger partial charge in [-0.05, 0) is 19.9 Å². The van der Waals surface area contributed by atoms with Crippen LogP contribution in [0.25, 0.3) is 0 Å². The van der Waals surface area contributed by atoms with E-state index in [0.717, 1.165) is 19.5 Å². The molecule has 0 saturated carbocycles. The lowest BCUT2D eigenvalue weighted by molar-refractivity contribution is -0.103. The van der Waals surface area contributed by atoms with Crippen LogP contribution in [0.2, 0.25) is 0 Å². The summed E-state index contributed by atoms with van der Waals surface area (Å²) >= 11 is 0. The van der Waals surface area contributed by atoms with Gasteiger partial charge in [0.1, 0.15) is 6.17 Å². The smallest absolute Gasteiger partial charge is 0.118 e. The van der Waals surface area contributed by atoms with Gasteiger partial charge in [0.2, 0.25) is 0 Å². The highest BCUT2D eigenvalue weighted by atomic mass is 19.1. The molecule has 0 aromatic heterocycles. The topological polar surface area (TPSA) is 12.5 Å². The first-order valence-electron chi connectivity index (χ1n) is 4.55. The van der Waals surface area contributed by atoms with Gasteiger partial charge < -0.3 is 4.74 Å². The molecule has 3 heteroatoms. The predicted molar refractivity (Wildman–Crippen MR) is 47.0 cm³/mol. The summed E-state index contributed by atoms with van der Waals surface area (Å²) in [5.41, 5.74) is -0.316. The van der Waals surface area contributed by atoms with Gasteiger partial charge in [-0.2, -0.15) is 0 Å². The van der Waals surface area contributed by atoms with Gasteiger partial charge in [0.15, 0.2) is 0 Å². The predicted octanol–water partition coefficient (Wildman–Crippen LogP) is 1.46.